The minimum absolute atomic E-state index is 0.323. The zero-order valence-corrected chi connectivity index (χ0v) is 11.1. The molecule has 0 fully saturated rings. The summed E-state index contributed by atoms with van der Waals surface area (Å²) in [5, 5.41) is 7.25. The van der Waals surface area contributed by atoms with Crippen molar-refractivity contribution in [2.75, 3.05) is 0 Å². The highest BCUT2D eigenvalue weighted by Gasteiger charge is 2.05. The highest BCUT2D eigenvalue weighted by Crippen LogP contribution is 2.23. The summed E-state index contributed by atoms with van der Waals surface area (Å²) in [6.45, 7) is 3.97. The normalized spacial score (nSPS) is 14.9. The molecule has 19 heavy (non-hydrogen) atoms. The predicted molar refractivity (Wildman–Crippen MR) is 78.0 cm³/mol. The molecule has 1 aliphatic rings. The lowest BCUT2D eigenvalue weighted by Gasteiger charge is -2.06. The SMILES string of the molecule is C/C(C=N)=C(\C)Cc1cccc(C2=C=C(F)C=C2)c1. The number of halogens is 1. The monoisotopic (exact) mass is 253 g/mol. The fourth-order valence-corrected chi connectivity index (χ4v) is 1.95. The second kappa shape index (κ2) is 5.64. The zero-order chi connectivity index (χ0) is 13.8. The molecule has 2 heteroatoms. The molecule has 0 spiro atoms. The molecule has 0 amide bonds. The molecule has 0 unspecified atom stereocenters. The maximum Gasteiger partial charge on any atom is 0.166 e. The second-order valence-electron chi connectivity index (χ2n) is 4.70. The van der Waals surface area contributed by atoms with E-state index in [-0.39, 0.29) is 5.83 Å². The average Bonchev–Trinajstić information content (AvgIpc) is 2.84. The molecule has 0 saturated carbocycles. The van der Waals surface area contributed by atoms with Gasteiger partial charge in [-0.2, -0.15) is 4.39 Å². The van der Waals surface area contributed by atoms with E-state index in [0.29, 0.717) is 0 Å². The zero-order valence-electron chi connectivity index (χ0n) is 11.1. The average molecular weight is 253 g/mol. The third-order valence-electron chi connectivity index (χ3n) is 3.25. The number of hydrogen-bond acceptors (Lipinski definition) is 1. The molecule has 0 aliphatic heterocycles. The van der Waals surface area contributed by atoms with Gasteiger partial charge in [-0.15, -0.1) is 0 Å². The molecule has 0 atom stereocenters. The molecule has 0 aromatic heterocycles. The molecule has 0 saturated heterocycles. The van der Waals surface area contributed by atoms with E-state index in [4.69, 9.17) is 5.41 Å². The van der Waals surface area contributed by atoms with E-state index in [1.807, 2.05) is 38.1 Å². The molecule has 1 nitrogen and oxygen atoms in total. The highest BCUT2D eigenvalue weighted by atomic mass is 19.1. The third-order valence-corrected chi connectivity index (χ3v) is 3.25. The van der Waals surface area contributed by atoms with Crippen molar-refractivity contribution in [2.45, 2.75) is 20.3 Å². The van der Waals surface area contributed by atoms with E-state index >= 15 is 0 Å². The first-order valence-corrected chi connectivity index (χ1v) is 6.21. The van der Waals surface area contributed by atoms with Crippen molar-refractivity contribution in [1.29, 1.82) is 5.41 Å². The Bertz CT molecular complexity index is 641. The van der Waals surface area contributed by atoms with Crippen LogP contribution < -0.4 is 0 Å². The smallest absolute Gasteiger partial charge is 0.166 e. The Morgan fingerprint density at radius 2 is 2.11 bits per heavy atom. The Kier molecular flexibility index (Phi) is 3.94. The summed E-state index contributed by atoms with van der Waals surface area (Å²) in [7, 11) is 0. The Labute approximate surface area is 113 Å². The van der Waals surface area contributed by atoms with E-state index in [1.54, 1.807) is 6.08 Å². The summed E-state index contributed by atoms with van der Waals surface area (Å²) in [6, 6.07) is 8.02. The summed E-state index contributed by atoms with van der Waals surface area (Å²) in [5.41, 5.74) is 7.76. The first-order chi connectivity index (χ1) is 9.10. The molecule has 1 aromatic carbocycles. The van der Waals surface area contributed by atoms with Crippen LogP contribution in [0.2, 0.25) is 0 Å². The van der Waals surface area contributed by atoms with Gasteiger partial charge >= 0.3 is 0 Å². The van der Waals surface area contributed by atoms with Gasteiger partial charge in [0, 0.05) is 11.8 Å². The Morgan fingerprint density at radius 1 is 1.32 bits per heavy atom. The summed E-state index contributed by atoms with van der Waals surface area (Å²) < 4.78 is 13.0. The van der Waals surface area contributed by atoms with Crippen LogP contribution in [0, 0.1) is 5.41 Å². The molecule has 96 valence electrons. The van der Waals surface area contributed by atoms with Crippen LogP contribution in [0.5, 0.6) is 0 Å². The second-order valence-corrected chi connectivity index (χ2v) is 4.70. The standard InChI is InChI=1S/C17H16FN/c1-12(13(2)11-19)8-14-4-3-5-15(9-14)16-6-7-17(18)10-16/h3-7,9,11,19H,8H2,1-2H3/b13-12-,19-11?. The lowest BCUT2D eigenvalue weighted by Crippen LogP contribution is -1.92. The van der Waals surface area contributed by atoms with Crippen LogP contribution in [0.15, 0.2) is 59.1 Å². The first kappa shape index (κ1) is 13.3. The van der Waals surface area contributed by atoms with Crippen LogP contribution in [-0.4, -0.2) is 6.21 Å². The summed E-state index contributed by atoms with van der Waals surface area (Å²) in [6.07, 6.45) is 5.34. The highest BCUT2D eigenvalue weighted by molar-refractivity contribution is 5.77. The fraction of sp³-hybridized carbons (Fsp3) is 0.176. The number of nitrogens with one attached hydrogen (secondary N) is 1. The van der Waals surface area contributed by atoms with Gasteiger partial charge in [-0.3, -0.25) is 0 Å². The maximum atomic E-state index is 13.0. The van der Waals surface area contributed by atoms with Gasteiger partial charge in [-0.1, -0.05) is 35.6 Å². The largest absolute Gasteiger partial charge is 0.308 e. The van der Waals surface area contributed by atoms with Crippen LogP contribution in [0.3, 0.4) is 0 Å². The predicted octanol–water partition coefficient (Wildman–Crippen LogP) is 4.62. The first-order valence-electron chi connectivity index (χ1n) is 6.21. The van der Waals surface area contributed by atoms with Gasteiger partial charge < -0.3 is 5.41 Å². The lowest BCUT2D eigenvalue weighted by atomic mass is 9.98. The van der Waals surface area contributed by atoms with Crippen molar-refractivity contribution in [3.63, 3.8) is 0 Å². The Balaban J connectivity index is 2.29. The lowest BCUT2D eigenvalue weighted by molar-refractivity contribution is 0.671. The quantitative estimate of drug-likeness (QED) is 0.598. The Hall–Kier alpha value is -2.18. The van der Waals surface area contributed by atoms with Crippen LogP contribution >= 0.6 is 0 Å². The molecule has 2 rings (SSSR count). The van der Waals surface area contributed by atoms with Crippen LogP contribution in [-0.2, 0) is 6.42 Å². The van der Waals surface area contributed by atoms with Gasteiger partial charge in [0.05, 0.1) is 0 Å². The molecular weight excluding hydrogens is 237 g/mol. The summed E-state index contributed by atoms with van der Waals surface area (Å²) >= 11 is 0. The van der Waals surface area contributed by atoms with Crippen molar-refractivity contribution >= 4 is 11.8 Å². The van der Waals surface area contributed by atoms with Crippen LogP contribution in [0.1, 0.15) is 25.0 Å². The van der Waals surface area contributed by atoms with Gasteiger partial charge in [-0.25, -0.2) is 0 Å². The summed E-state index contributed by atoms with van der Waals surface area (Å²) in [5.74, 6) is -0.323. The van der Waals surface area contributed by atoms with E-state index in [2.05, 4.69) is 5.73 Å². The van der Waals surface area contributed by atoms with Gasteiger partial charge in [-0.05, 0) is 49.1 Å². The van der Waals surface area contributed by atoms with E-state index < -0.39 is 0 Å². The van der Waals surface area contributed by atoms with Gasteiger partial charge in [0.15, 0.2) is 5.83 Å². The molecule has 1 N–H and O–H groups in total. The number of allylic oxidation sites excluding steroid dienone is 5. The van der Waals surface area contributed by atoms with Gasteiger partial charge in [0.1, 0.15) is 0 Å². The molecule has 0 heterocycles. The number of benzene rings is 1. The van der Waals surface area contributed by atoms with E-state index in [0.717, 1.165) is 28.7 Å². The minimum atomic E-state index is -0.323. The van der Waals surface area contributed by atoms with E-state index in [1.165, 1.54) is 17.9 Å². The summed E-state index contributed by atoms with van der Waals surface area (Å²) in [4.78, 5) is 0. The van der Waals surface area contributed by atoms with Gasteiger partial charge in [0.25, 0.3) is 0 Å². The third kappa shape index (κ3) is 3.18. The van der Waals surface area contributed by atoms with Crippen molar-refractivity contribution in [2.24, 2.45) is 0 Å². The van der Waals surface area contributed by atoms with E-state index in [9.17, 15) is 4.39 Å². The Morgan fingerprint density at radius 3 is 2.74 bits per heavy atom. The number of hydrogen-bond donors (Lipinski definition) is 1. The number of rotatable bonds is 4. The van der Waals surface area contributed by atoms with Crippen LogP contribution in [0.25, 0.3) is 5.57 Å². The molecule has 1 aliphatic carbocycles. The minimum Gasteiger partial charge on any atom is -0.308 e. The van der Waals surface area contributed by atoms with Crippen molar-refractivity contribution in [3.05, 3.63) is 70.2 Å². The molecule has 0 bridgehead atoms. The molecule has 0 radical (unpaired) electrons. The topological polar surface area (TPSA) is 23.9 Å². The van der Waals surface area contributed by atoms with Crippen molar-refractivity contribution < 1.29 is 4.39 Å². The molecular formula is C17H16FN. The van der Waals surface area contributed by atoms with Gasteiger partial charge in [0.2, 0.25) is 0 Å². The fourth-order valence-electron chi connectivity index (χ4n) is 1.95. The van der Waals surface area contributed by atoms with Crippen molar-refractivity contribution in [3.8, 4) is 0 Å². The van der Waals surface area contributed by atoms with Crippen molar-refractivity contribution in [1.82, 2.24) is 0 Å². The van der Waals surface area contributed by atoms with Crippen LogP contribution in [0.4, 0.5) is 4.39 Å². The molecule has 1 aromatic rings. The maximum absolute atomic E-state index is 13.0.